The first-order valence-corrected chi connectivity index (χ1v) is 7.39. The third-order valence-corrected chi connectivity index (χ3v) is 4.12. The smallest absolute Gasteiger partial charge is 0.160 e. The van der Waals surface area contributed by atoms with Gasteiger partial charge in [0.2, 0.25) is 0 Å². The zero-order chi connectivity index (χ0) is 14.8. The highest BCUT2D eigenvalue weighted by atomic mass is 35.5. The molecular formula is C17H18ClNO2. The number of aromatic hydroxyl groups is 1. The van der Waals surface area contributed by atoms with Gasteiger partial charge in [-0.15, -0.1) is 0 Å². The maximum atomic E-state index is 9.84. The second-order valence-corrected chi connectivity index (χ2v) is 5.82. The number of rotatable bonds is 3. The van der Waals surface area contributed by atoms with Gasteiger partial charge >= 0.3 is 0 Å². The van der Waals surface area contributed by atoms with Gasteiger partial charge in [0.1, 0.15) is 0 Å². The average molecular weight is 304 g/mol. The maximum Gasteiger partial charge on any atom is 0.160 e. The molecule has 2 aromatic carbocycles. The Morgan fingerprint density at radius 3 is 2.86 bits per heavy atom. The number of hydrogen-bond donors (Lipinski definition) is 1. The van der Waals surface area contributed by atoms with Crippen molar-refractivity contribution < 1.29 is 9.84 Å². The molecule has 21 heavy (non-hydrogen) atoms. The van der Waals surface area contributed by atoms with Crippen molar-refractivity contribution in [1.29, 1.82) is 0 Å². The van der Waals surface area contributed by atoms with E-state index in [0.29, 0.717) is 5.75 Å². The Bertz CT molecular complexity index is 657. The highest BCUT2D eigenvalue weighted by Gasteiger charge is 2.19. The van der Waals surface area contributed by atoms with Crippen LogP contribution in [0.15, 0.2) is 36.4 Å². The Morgan fingerprint density at radius 1 is 1.24 bits per heavy atom. The Morgan fingerprint density at radius 2 is 2.10 bits per heavy atom. The normalized spacial score (nSPS) is 14.8. The predicted octanol–water partition coefficient (Wildman–Crippen LogP) is 3.61. The number of fused-ring (bicyclic) bond motifs is 1. The third-order valence-electron chi connectivity index (χ3n) is 3.89. The van der Waals surface area contributed by atoms with E-state index in [0.717, 1.165) is 31.1 Å². The van der Waals surface area contributed by atoms with E-state index in [1.807, 2.05) is 30.3 Å². The molecule has 1 aliphatic heterocycles. The number of methoxy groups -OCH3 is 1. The lowest BCUT2D eigenvalue weighted by Crippen LogP contribution is -2.30. The highest BCUT2D eigenvalue weighted by molar-refractivity contribution is 6.30. The van der Waals surface area contributed by atoms with Gasteiger partial charge in [-0.2, -0.15) is 0 Å². The Hall–Kier alpha value is -1.71. The van der Waals surface area contributed by atoms with Gasteiger partial charge in [0.25, 0.3) is 0 Å². The Labute approximate surface area is 129 Å². The molecule has 1 heterocycles. The first-order chi connectivity index (χ1) is 10.2. The van der Waals surface area contributed by atoms with E-state index in [1.54, 1.807) is 7.11 Å². The van der Waals surface area contributed by atoms with Gasteiger partial charge in [0.15, 0.2) is 11.5 Å². The molecule has 1 N–H and O–H groups in total. The lowest BCUT2D eigenvalue weighted by Gasteiger charge is -2.29. The number of halogens is 1. The first kappa shape index (κ1) is 14.2. The summed E-state index contributed by atoms with van der Waals surface area (Å²) < 4.78 is 5.19. The predicted molar refractivity (Wildman–Crippen MR) is 83.9 cm³/mol. The summed E-state index contributed by atoms with van der Waals surface area (Å²) in [6.45, 7) is 2.72. The second kappa shape index (κ2) is 5.96. The van der Waals surface area contributed by atoms with Crippen molar-refractivity contribution in [1.82, 2.24) is 4.90 Å². The van der Waals surface area contributed by atoms with Gasteiger partial charge in [0.05, 0.1) is 7.11 Å². The third kappa shape index (κ3) is 3.14. The molecule has 3 nitrogen and oxygen atoms in total. The zero-order valence-electron chi connectivity index (χ0n) is 12.0. The first-order valence-electron chi connectivity index (χ1n) is 7.01. The largest absolute Gasteiger partial charge is 0.504 e. The molecule has 0 aromatic heterocycles. The van der Waals surface area contributed by atoms with Crippen LogP contribution in [0.2, 0.25) is 5.02 Å². The van der Waals surface area contributed by atoms with Crippen molar-refractivity contribution >= 4 is 11.6 Å². The van der Waals surface area contributed by atoms with E-state index in [9.17, 15) is 5.11 Å². The summed E-state index contributed by atoms with van der Waals surface area (Å²) in [6.07, 6.45) is 0.938. The molecule has 0 saturated carbocycles. The molecule has 0 amide bonds. The Kier molecular flexibility index (Phi) is 4.04. The quantitative estimate of drug-likeness (QED) is 0.940. The fourth-order valence-corrected chi connectivity index (χ4v) is 3.04. The van der Waals surface area contributed by atoms with Crippen LogP contribution in [0.1, 0.15) is 16.7 Å². The SMILES string of the molecule is COc1cc2c(cc1O)CCN(Cc1cccc(Cl)c1)C2. The van der Waals surface area contributed by atoms with Crippen LogP contribution >= 0.6 is 11.6 Å². The summed E-state index contributed by atoms with van der Waals surface area (Å²) in [5, 5.41) is 10.6. The Balaban J connectivity index is 1.77. The van der Waals surface area contributed by atoms with Crippen LogP contribution in [0.4, 0.5) is 0 Å². The molecule has 0 aliphatic carbocycles. The minimum atomic E-state index is 0.222. The summed E-state index contributed by atoms with van der Waals surface area (Å²) in [5.74, 6) is 0.762. The minimum Gasteiger partial charge on any atom is -0.504 e. The summed E-state index contributed by atoms with van der Waals surface area (Å²) in [6, 6.07) is 11.7. The highest BCUT2D eigenvalue weighted by Crippen LogP contribution is 2.32. The van der Waals surface area contributed by atoms with Gasteiger partial charge in [-0.25, -0.2) is 0 Å². The lowest BCUT2D eigenvalue weighted by molar-refractivity contribution is 0.244. The zero-order valence-corrected chi connectivity index (χ0v) is 12.7. The van der Waals surface area contributed by atoms with Crippen LogP contribution in [0.25, 0.3) is 0 Å². The van der Waals surface area contributed by atoms with E-state index >= 15 is 0 Å². The summed E-state index contributed by atoms with van der Waals surface area (Å²) in [5.41, 5.74) is 3.64. The molecule has 0 atom stereocenters. The molecular weight excluding hydrogens is 286 g/mol. The molecule has 2 aromatic rings. The molecule has 0 fully saturated rings. The number of phenols is 1. The number of benzene rings is 2. The van der Waals surface area contributed by atoms with Crippen LogP contribution in [-0.4, -0.2) is 23.7 Å². The van der Waals surface area contributed by atoms with E-state index in [1.165, 1.54) is 16.7 Å². The van der Waals surface area contributed by atoms with Gasteiger partial charge < -0.3 is 9.84 Å². The van der Waals surface area contributed by atoms with E-state index < -0.39 is 0 Å². The van der Waals surface area contributed by atoms with Crippen molar-refractivity contribution in [2.45, 2.75) is 19.5 Å². The molecule has 0 unspecified atom stereocenters. The van der Waals surface area contributed by atoms with E-state index in [4.69, 9.17) is 16.3 Å². The average Bonchev–Trinajstić information content (AvgIpc) is 2.47. The lowest BCUT2D eigenvalue weighted by atomic mass is 9.98. The molecule has 110 valence electrons. The number of phenolic OH excluding ortho intramolecular Hbond substituents is 1. The van der Waals surface area contributed by atoms with E-state index in [2.05, 4.69) is 11.0 Å². The van der Waals surface area contributed by atoms with Gasteiger partial charge in [-0.3, -0.25) is 4.90 Å². The minimum absolute atomic E-state index is 0.222. The van der Waals surface area contributed by atoms with Crippen molar-refractivity contribution in [2.75, 3.05) is 13.7 Å². The van der Waals surface area contributed by atoms with Crippen molar-refractivity contribution in [3.63, 3.8) is 0 Å². The molecule has 0 spiro atoms. The monoisotopic (exact) mass is 303 g/mol. The topological polar surface area (TPSA) is 32.7 Å². The summed E-state index contributed by atoms with van der Waals surface area (Å²) >= 11 is 6.04. The second-order valence-electron chi connectivity index (χ2n) is 5.38. The van der Waals surface area contributed by atoms with Gasteiger partial charge in [-0.05, 0) is 47.4 Å². The molecule has 0 bridgehead atoms. The van der Waals surface area contributed by atoms with Gasteiger partial charge in [-0.1, -0.05) is 23.7 Å². The van der Waals surface area contributed by atoms with Crippen LogP contribution in [0, 0.1) is 0 Å². The molecule has 0 radical (unpaired) electrons. The number of nitrogens with zero attached hydrogens (tertiary/aromatic N) is 1. The standard InChI is InChI=1S/C17H18ClNO2/c1-21-17-9-14-11-19(6-5-13(14)8-16(17)20)10-12-3-2-4-15(18)7-12/h2-4,7-9,20H,5-6,10-11H2,1H3. The molecule has 4 heteroatoms. The fraction of sp³-hybridized carbons (Fsp3) is 0.294. The molecule has 3 rings (SSSR count). The van der Waals surface area contributed by atoms with Crippen molar-refractivity contribution in [3.8, 4) is 11.5 Å². The number of ether oxygens (including phenoxy) is 1. The van der Waals surface area contributed by atoms with Crippen molar-refractivity contribution in [2.24, 2.45) is 0 Å². The van der Waals surface area contributed by atoms with Crippen LogP contribution in [0.3, 0.4) is 0 Å². The maximum absolute atomic E-state index is 9.84. The molecule has 0 saturated heterocycles. The van der Waals surface area contributed by atoms with E-state index in [-0.39, 0.29) is 5.75 Å². The summed E-state index contributed by atoms with van der Waals surface area (Å²) in [7, 11) is 1.58. The number of hydrogen-bond acceptors (Lipinski definition) is 3. The fourth-order valence-electron chi connectivity index (χ4n) is 2.82. The van der Waals surface area contributed by atoms with Crippen molar-refractivity contribution in [3.05, 3.63) is 58.1 Å². The van der Waals surface area contributed by atoms with Crippen LogP contribution in [0.5, 0.6) is 11.5 Å². The van der Waals surface area contributed by atoms with Gasteiger partial charge in [0, 0.05) is 24.7 Å². The molecule has 1 aliphatic rings. The van der Waals surface area contributed by atoms with Crippen LogP contribution < -0.4 is 4.74 Å². The van der Waals surface area contributed by atoms with Crippen LogP contribution in [-0.2, 0) is 19.5 Å². The summed E-state index contributed by atoms with van der Waals surface area (Å²) in [4.78, 5) is 2.38.